The molecule has 0 aromatic carbocycles. The Morgan fingerprint density at radius 2 is 1.76 bits per heavy atom. The van der Waals surface area contributed by atoms with Gasteiger partial charge in [-0.05, 0) is 44.2 Å². The van der Waals surface area contributed by atoms with Gasteiger partial charge in [-0.3, -0.25) is 4.79 Å². The van der Waals surface area contributed by atoms with E-state index in [2.05, 4.69) is 19.9 Å². The van der Waals surface area contributed by atoms with Gasteiger partial charge in [0.25, 0.3) is 5.56 Å². The second-order valence-corrected chi connectivity index (χ2v) is 6.58. The lowest BCUT2D eigenvalue weighted by Gasteiger charge is -2.30. The average Bonchev–Trinajstić information content (AvgIpc) is 2.55. The third-order valence-corrected chi connectivity index (χ3v) is 4.75. The summed E-state index contributed by atoms with van der Waals surface area (Å²) in [6, 6.07) is 0. The Kier molecular flexibility index (Phi) is 4.81. The number of aryl methyl sites for hydroxylation is 1. The molecule has 2 heterocycles. The van der Waals surface area contributed by atoms with Crippen LogP contribution >= 0.6 is 11.6 Å². The van der Waals surface area contributed by atoms with Crippen LogP contribution < -0.4 is 5.56 Å². The Balaban J connectivity index is 1.97. The number of aromatic nitrogens is 4. The van der Waals surface area contributed by atoms with Crippen LogP contribution in [0.2, 0.25) is 5.28 Å². The van der Waals surface area contributed by atoms with Crippen LogP contribution in [0.4, 0.5) is 13.2 Å². The summed E-state index contributed by atoms with van der Waals surface area (Å²) in [5.41, 5.74) is 0.906. The van der Waals surface area contributed by atoms with Crippen molar-refractivity contribution >= 4 is 11.6 Å². The Labute approximate surface area is 146 Å². The smallest absolute Gasteiger partial charge is 0.310 e. The normalized spacial score (nSPS) is 21.3. The number of hydrogen-bond acceptors (Lipinski definition) is 4. The van der Waals surface area contributed by atoms with Crippen molar-refractivity contribution in [2.75, 3.05) is 0 Å². The summed E-state index contributed by atoms with van der Waals surface area (Å²) in [6.07, 6.45) is -0.585. The molecule has 0 aliphatic heterocycles. The highest BCUT2D eigenvalue weighted by Gasteiger charge is 2.42. The van der Waals surface area contributed by atoms with Gasteiger partial charge in [0.2, 0.25) is 5.28 Å². The van der Waals surface area contributed by atoms with Crippen LogP contribution in [-0.4, -0.2) is 26.1 Å². The van der Waals surface area contributed by atoms with Gasteiger partial charge in [0.1, 0.15) is 5.82 Å². The van der Waals surface area contributed by atoms with Crippen LogP contribution in [0.15, 0.2) is 17.2 Å². The standard InChI is InChI=1S/C16H16ClF3N4O/c1-8-23-13(9-2-4-11(5-3-9)16(18,19)20)12(14(25)24-8)10-6-21-15(17)22-7-10/h6-7,9,11H,2-5H2,1H3,(H,23,24,25)/t9-,11+. The second kappa shape index (κ2) is 6.74. The molecule has 1 saturated carbocycles. The monoisotopic (exact) mass is 372 g/mol. The first-order valence-corrected chi connectivity index (χ1v) is 8.29. The number of aromatic amines is 1. The van der Waals surface area contributed by atoms with Gasteiger partial charge >= 0.3 is 6.18 Å². The zero-order valence-corrected chi connectivity index (χ0v) is 14.2. The number of halogens is 4. The number of hydrogen-bond donors (Lipinski definition) is 1. The van der Waals surface area contributed by atoms with E-state index in [1.54, 1.807) is 6.92 Å². The SMILES string of the molecule is Cc1nc([C@H]2CC[C@@H](C(F)(F)F)CC2)c(-c2cnc(Cl)nc2)c(=O)[nH]1. The third-order valence-electron chi connectivity index (χ3n) is 4.55. The van der Waals surface area contributed by atoms with Crippen molar-refractivity contribution in [1.29, 1.82) is 0 Å². The fraction of sp³-hybridized carbons (Fsp3) is 0.500. The van der Waals surface area contributed by atoms with Crippen molar-refractivity contribution in [2.24, 2.45) is 5.92 Å². The predicted molar refractivity (Wildman–Crippen MR) is 86.4 cm³/mol. The molecule has 0 unspecified atom stereocenters. The minimum atomic E-state index is -4.17. The van der Waals surface area contributed by atoms with Crippen molar-refractivity contribution in [3.8, 4) is 11.1 Å². The largest absolute Gasteiger partial charge is 0.391 e. The molecule has 25 heavy (non-hydrogen) atoms. The van der Waals surface area contributed by atoms with Gasteiger partial charge in [-0.2, -0.15) is 13.2 Å². The minimum Gasteiger partial charge on any atom is -0.310 e. The van der Waals surface area contributed by atoms with Crippen LogP contribution in [0.25, 0.3) is 11.1 Å². The lowest BCUT2D eigenvalue weighted by Crippen LogP contribution is -2.28. The summed E-state index contributed by atoms with van der Waals surface area (Å²) in [5, 5.41) is 0.0486. The third kappa shape index (κ3) is 3.84. The molecule has 2 aromatic heterocycles. The molecule has 5 nitrogen and oxygen atoms in total. The van der Waals surface area contributed by atoms with E-state index in [0.29, 0.717) is 35.5 Å². The molecule has 1 fully saturated rings. The van der Waals surface area contributed by atoms with Gasteiger partial charge in [0, 0.05) is 23.9 Å². The predicted octanol–water partition coefficient (Wildman–Crippen LogP) is 4.02. The first-order valence-electron chi connectivity index (χ1n) is 7.91. The maximum atomic E-state index is 12.9. The van der Waals surface area contributed by atoms with Crippen molar-refractivity contribution < 1.29 is 13.2 Å². The first-order chi connectivity index (χ1) is 11.8. The van der Waals surface area contributed by atoms with Crippen LogP contribution in [0, 0.1) is 12.8 Å². The maximum Gasteiger partial charge on any atom is 0.391 e. The van der Waals surface area contributed by atoms with Gasteiger partial charge in [0.05, 0.1) is 17.2 Å². The molecular weight excluding hydrogens is 357 g/mol. The van der Waals surface area contributed by atoms with Crippen molar-refractivity contribution in [3.05, 3.63) is 39.5 Å². The molecule has 0 bridgehead atoms. The quantitative estimate of drug-likeness (QED) is 0.808. The van der Waals surface area contributed by atoms with Gasteiger partial charge in [0.15, 0.2) is 0 Å². The Bertz CT molecular complexity index is 812. The summed E-state index contributed by atoms with van der Waals surface area (Å²) >= 11 is 5.68. The Morgan fingerprint density at radius 3 is 2.32 bits per heavy atom. The van der Waals surface area contributed by atoms with Crippen LogP contribution in [0.5, 0.6) is 0 Å². The molecule has 2 aromatic rings. The van der Waals surface area contributed by atoms with Crippen LogP contribution in [0.3, 0.4) is 0 Å². The molecule has 3 rings (SSSR count). The number of H-pyrrole nitrogens is 1. The highest BCUT2D eigenvalue weighted by molar-refractivity contribution is 6.28. The van der Waals surface area contributed by atoms with Crippen molar-refractivity contribution in [2.45, 2.75) is 44.7 Å². The molecule has 0 saturated heterocycles. The summed E-state index contributed by atoms with van der Waals surface area (Å²) in [7, 11) is 0. The van der Waals surface area contributed by atoms with E-state index in [0.717, 1.165) is 0 Å². The highest BCUT2D eigenvalue weighted by atomic mass is 35.5. The second-order valence-electron chi connectivity index (χ2n) is 6.24. The number of nitrogens with zero attached hydrogens (tertiary/aromatic N) is 3. The zero-order chi connectivity index (χ0) is 18.2. The molecule has 0 atom stereocenters. The summed E-state index contributed by atoms with van der Waals surface area (Å²) in [6.45, 7) is 1.65. The number of alkyl halides is 3. The Hall–Kier alpha value is -1.96. The Morgan fingerprint density at radius 1 is 1.16 bits per heavy atom. The van der Waals surface area contributed by atoms with Crippen molar-refractivity contribution in [1.82, 2.24) is 19.9 Å². The lowest BCUT2D eigenvalue weighted by molar-refractivity contribution is -0.182. The molecule has 0 spiro atoms. The van der Waals surface area contributed by atoms with E-state index in [-0.39, 0.29) is 29.6 Å². The van der Waals surface area contributed by atoms with Crippen molar-refractivity contribution in [3.63, 3.8) is 0 Å². The van der Waals surface area contributed by atoms with E-state index in [1.807, 2.05) is 0 Å². The lowest BCUT2D eigenvalue weighted by atomic mass is 9.78. The zero-order valence-electron chi connectivity index (χ0n) is 13.4. The molecule has 1 aliphatic carbocycles. The fourth-order valence-electron chi connectivity index (χ4n) is 3.32. The molecule has 1 aliphatic rings. The molecule has 134 valence electrons. The van der Waals surface area contributed by atoms with Crippen LogP contribution in [-0.2, 0) is 0 Å². The highest BCUT2D eigenvalue weighted by Crippen LogP contribution is 2.43. The summed E-state index contributed by atoms with van der Waals surface area (Å²) < 4.78 is 38.6. The van der Waals surface area contributed by atoms with Gasteiger partial charge < -0.3 is 4.98 Å². The maximum absolute atomic E-state index is 12.9. The minimum absolute atomic E-state index is 0.0399. The van der Waals surface area contributed by atoms with E-state index < -0.39 is 12.1 Å². The number of nitrogens with one attached hydrogen (secondary N) is 1. The van der Waals surface area contributed by atoms with E-state index >= 15 is 0 Å². The molecule has 0 radical (unpaired) electrons. The van der Waals surface area contributed by atoms with E-state index in [9.17, 15) is 18.0 Å². The van der Waals surface area contributed by atoms with Gasteiger partial charge in [-0.1, -0.05) is 0 Å². The molecule has 0 amide bonds. The fourth-order valence-corrected chi connectivity index (χ4v) is 3.42. The average molecular weight is 373 g/mol. The molecule has 1 N–H and O–H groups in total. The summed E-state index contributed by atoms with van der Waals surface area (Å²) in [4.78, 5) is 27.2. The number of rotatable bonds is 2. The van der Waals surface area contributed by atoms with Gasteiger partial charge in [-0.25, -0.2) is 15.0 Å². The molecule has 9 heteroatoms. The van der Waals surface area contributed by atoms with E-state index in [4.69, 9.17) is 11.6 Å². The first kappa shape index (κ1) is 17.8. The van der Waals surface area contributed by atoms with Gasteiger partial charge in [-0.15, -0.1) is 0 Å². The summed E-state index contributed by atoms with van der Waals surface area (Å²) in [5.74, 6) is -1.06. The van der Waals surface area contributed by atoms with E-state index in [1.165, 1.54) is 12.4 Å². The van der Waals surface area contributed by atoms with Crippen LogP contribution in [0.1, 0.15) is 43.1 Å². The molecular formula is C16H16ClF3N4O. The topological polar surface area (TPSA) is 71.5 Å².